The van der Waals surface area contributed by atoms with Gasteiger partial charge in [-0.15, -0.1) is 0 Å². The maximum Gasteiger partial charge on any atom is 0.279 e. The molecule has 0 aliphatic carbocycles. The minimum atomic E-state index is -0.131. The number of ether oxygens (including phenoxy) is 1. The van der Waals surface area contributed by atoms with Crippen LogP contribution in [0.1, 0.15) is 12.5 Å². The van der Waals surface area contributed by atoms with Crippen LogP contribution in [0.4, 0.5) is 5.69 Å². The lowest BCUT2D eigenvalue weighted by Gasteiger charge is -2.15. The number of hydrogen-bond acceptors (Lipinski definition) is 2. The highest BCUT2D eigenvalue weighted by Gasteiger charge is 2.14. The first-order valence-corrected chi connectivity index (χ1v) is 8.52. The zero-order valence-corrected chi connectivity index (χ0v) is 15.2. The maximum atomic E-state index is 12.2. The van der Waals surface area contributed by atoms with Crippen molar-refractivity contribution in [2.45, 2.75) is 13.5 Å². The van der Waals surface area contributed by atoms with E-state index in [9.17, 15) is 4.79 Å². The van der Waals surface area contributed by atoms with E-state index in [1.54, 1.807) is 18.2 Å². The van der Waals surface area contributed by atoms with E-state index in [-0.39, 0.29) is 5.91 Å². The number of nitrogens with one attached hydrogen (secondary N) is 2. The average molecular weight is 368 g/mol. The van der Waals surface area contributed by atoms with E-state index in [4.69, 9.17) is 27.9 Å². The summed E-state index contributed by atoms with van der Waals surface area (Å²) in [5.74, 6) is 0.721. The lowest BCUT2D eigenvalue weighted by Crippen LogP contribution is -3.08. The minimum Gasteiger partial charge on any atom is -0.494 e. The molecule has 2 rings (SSSR count). The molecule has 1 amide bonds. The van der Waals surface area contributed by atoms with Crippen molar-refractivity contribution in [3.63, 3.8) is 0 Å². The number of para-hydroxylation sites is 1. The van der Waals surface area contributed by atoms with Crippen LogP contribution in [0.15, 0.2) is 42.5 Å². The normalized spacial score (nSPS) is 11.8. The Bertz CT molecular complexity index is 670. The number of quaternary nitrogens is 1. The molecule has 0 aromatic heterocycles. The van der Waals surface area contributed by atoms with E-state index in [2.05, 4.69) is 5.32 Å². The van der Waals surface area contributed by atoms with Gasteiger partial charge in [0.05, 0.1) is 29.4 Å². The van der Waals surface area contributed by atoms with Crippen molar-refractivity contribution in [2.75, 3.05) is 25.5 Å². The molecule has 2 aromatic carbocycles. The first-order valence-electron chi connectivity index (χ1n) is 7.76. The van der Waals surface area contributed by atoms with Gasteiger partial charge in [0.25, 0.3) is 5.91 Å². The van der Waals surface area contributed by atoms with Crippen LogP contribution in [0.25, 0.3) is 0 Å². The van der Waals surface area contributed by atoms with Crippen molar-refractivity contribution in [3.05, 3.63) is 58.1 Å². The fourth-order valence-electron chi connectivity index (χ4n) is 2.36. The molecule has 0 fully saturated rings. The van der Waals surface area contributed by atoms with Gasteiger partial charge in [0, 0.05) is 5.56 Å². The van der Waals surface area contributed by atoms with E-state index in [0.29, 0.717) is 28.9 Å². The molecule has 0 aliphatic rings. The summed E-state index contributed by atoms with van der Waals surface area (Å²) in [4.78, 5) is 13.2. The van der Waals surface area contributed by atoms with E-state index in [0.717, 1.165) is 22.8 Å². The first kappa shape index (κ1) is 18.6. The molecule has 0 saturated carbocycles. The lowest BCUT2D eigenvalue weighted by atomic mass is 10.2. The van der Waals surface area contributed by atoms with Crippen LogP contribution < -0.4 is 15.0 Å². The molecule has 0 radical (unpaired) electrons. The Morgan fingerprint density at radius 2 is 1.75 bits per heavy atom. The zero-order chi connectivity index (χ0) is 17.5. The smallest absolute Gasteiger partial charge is 0.279 e. The summed E-state index contributed by atoms with van der Waals surface area (Å²) in [6, 6.07) is 13.0. The monoisotopic (exact) mass is 367 g/mol. The second-order valence-corrected chi connectivity index (χ2v) is 6.35. The zero-order valence-electron chi connectivity index (χ0n) is 13.7. The number of anilines is 1. The number of amides is 1. The molecule has 24 heavy (non-hydrogen) atoms. The van der Waals surface area contributed by atoms with Gasteiger partial charge in [-0.3, -0.25) is 4.79 Å². The lowest BCUT2D eigenvalue weighted by molar-refractivity contribution is -0.885. The number of hydrogen-bond donors (Lipinski definition) is 2. The van der Waals surface area contributed by atoms with Gasteiger partial charge in [0.15, 0.2) is 6.54 Å². The van der Waals surface area contributed by atoms with Crippen molar-refractivity contribution < 1.29 is 14.4 Å². The Hall–Kier alpha value is -1.75. The topological polar surface area (TPSA) is 42.8 Å². The van der Waals surface area contributed by atoms with Crippen molar-refractivity contribution >= 4 is 34.8 Å². The van der Waals surface area contributed by atoms with Gasteiger partial charge in [-0.2, -0.15) is 0 Å². The third-order valence-electron chi connectivity index (χ3n) is 3.43. The SMILES string of the molecule is CCOc1ccc(C[NH+](C)CC(=O)Nc2c(Cl)cccc2Cl)cc1. The van der Waals surface area contributed by atoms with Gasteiger partial charge < -0.3 is 15.0 Å². The fourth-order valence-corrected chi connectivity index (χ4v) is 2.85. The Morgan fingerprint density at radius 1 is 1.12 bits per heavy atom. The van der Waals surface area contributed by atoms with Crippen molar-refractivity contribution in [1.29, 1.82) is 0 Å². The molecule has 128 valence electrons. The van der Waals surface area contributed by atoms with Gasteiger partial charge in [-0.1, -0.05) is 29.3 Å². The van der Waals surface area contributed by atoms with Crippen molar-refractivity contribution in [3.8, 4) is 5.75 Å². The Balaban J connectivity index is 1.89. The first-order chi connectivity index (χ1) is 11.5. The molecule has 2 aromatic rings. The van der Waals surface area contributed by atoms with Crippen LogP contribution in [-0.4, -0.2) is 26.1 Å². The van der Waals surface area contributed by atoms with Crippen LogP contribution in [0, 0.1) is 0 Å². The molecule has 0 aliphatic heterocycles. The average Bonchev–Trinajstić information content (AvgIpc) is 2.53. The number of likely N-dealkylation sites (N-methyl/N-ethyl adjacent to an activating group) is 1. The van der Waals surface area contributed by atoms with E-state index in [1.165, 1.54) is 0 Å². The van der Waals surface area contributed by atoms with Crippen LogP contribution >= 0.6 is 23.2 Å². The number of benzene rings is 2. The standard InChI is InChI=1S/C18H20Cl2N2O2/c1-3-24-14-9-7-13(8-10-14)11-22(2)12-17(23)21-18-15(19)5-4-6-16(18)20/h4-10H,3,11-12H2,1-2H3,(H,21,23)/p+1. The van der Waals surface area contributed by atoms with Gasteiger partial charge in [0.1, 0.15) is 12.3 Å². The highest BCUT2D eigenvalue weighted by molar-refractivity contribution is 6.39. The number of halogens is 2. The number of carbonyl (C=O) groups is 1. The largest absolute Gasteiger partial charge is 0.494 e. The van der Waals surface area contributed by atoms with Gasteiger partial charge in [0.2, 0.25) is 0 Å². The Kier molecular flexibility index (Phi) is 6.91. The Morgan fingerprint density at radius 3 is 2.33 bits per heavy atom. The molecule has 4 nitrogen and oxygen atoms in total. The molecule has 6 heteroatoms. The molecule has 2 N–H and O–H groups in total. The maximum absolute atomic E-state index is 12.2. The van der Waals surface area contributed by atoms with E-state index >= 15 is 0 Å². The molecule has 0 heterocycles. The highest BCUT2D eigenvalue weighted by atomic mass is 35.5. The van der Waals surface area contributed by atoms with Gasteiger partial charge in [-0.05, 0) is 43.3 Å². The summed E-state index contributed by atoms with van der Waals surface area (Å²) >= 11 is 12.1. The van der Waals surface area contributed by atoms with E-state index in [1.807, 2.05) is 38.2 Å². The van der Waals surface area contributed by atoms with Crippen LogP contribution in [0.5, 0.6) is 5.75 Å². The van der Waals surface area contributed by atoms with Gasteiger partial charge >= 0.3 is 0 Å². The van der Waals surface area contributed by atoms with Gasteiger partial charge in [-0.25, -0.2) is 0 Å². The summed E-state index contributed by atoms with van der Waals surface area (Å²) in [5, 5.41) is 3.64. The molecule has 1 unspecified atom stereocenters. The molecular weight excluding hydrogens is 347 g/mol. The van der Waals surface area contributed by atoms with Crippen LogP contribution in [-0.2, 0) is 11.3 Å². The fraction of sp³-hybridized carbons (Fsp3) is 0.278. The highest BCUT2D eigenvalue weighted by Crippen LogP contribution is 2.29. The second kappa shape index (κ2) is 8.92. The molecule has 0 saturated heterocycles. The summed E-state index contributed by atoms with van der Waals surface area (Å²) in [6.45, 7) is 3.65. The summed E-state index contributed by atoms with van der Waals surface area (Å²) < 4.78 is 5.42. The third-order valence-corrected chi connectivity index (χ3v) is 4.06. The molecule has 0 spiro atoms. The molecule has 1 atom stereocenters. The predicted molar refractivity (Wildman–Crippen MR) is 98.2 cm³/mol. The second-order valence-electron chi connectivity index (χ2n) is 5.53. The summed E-state index contributed by atoms with van der Waals surface area (Å²) in [7, 11) is 1.96. The molecule has 0 bridgehead atoms. The van der Waals surface area contributed by atoms with Crippen molar-refractivity contribution in [2.24, 2.45) is 0 Å². The Labute approximate surface area is 152 Å². The van der Waals surface area contributed by atoms with E-state index < -0.39 is 0 Å². The van der Waals surface area contributed by atoms with Crippen LogP contribution in [0.2, 0.25) is 10.0 Å². The predicted octanol–water partition coefficient (Wildman–Crippen LogP) is 3.05. The number of rotatable bonds is 7. The quantitative estimate of drug-likeness (QED) is 0.789. The summed E-state index contributed by atoms with van der Waals surface area (Å²) in [5.41, 5.74) is 1.60. The van der Waals surface area contributed by atoms with Crippen molar-refractivity contribution in [1.82, 2.24) is 0 Å². The third kappa shape index (κ3) is 5.41. The van der Waals surface area contributed by atoms with Crippen LogP contribution in [0.3, 0.4) is 0 Å². The molecular formula is C18H21Cl2N2O2+. The summed E-state index contributed by atoms with van der Waals surface area (Å²) in [6.07, 6.45) is 0. The minimum absolute atomic E-state index is 0.131. The number of carbonyl (C=O) groups excluding carboxylic acids is 1.